The number of nitrogen functional groups attached to an aromatic ring is 1. The highest BCUT2D eigenvalue weighted by molar-refractivity contribution is 7.19. The predicted molar refractivity (Wildman–Crippen MR) is 72.5 cm³/mol. The van der Waals surface area contributed by atoms with E-state index in [2.05, 4.69) is 5.10 Å². The van der Waals surface area contributed by atoms with Crippen molar-refractivity contribution < 1.29 is 0 Å². The van der Waals surface area contributed by atoms with Gasteiger partial charge in [0.05, 0.1) is 20.9 Å². The van der Waals surface area contributed by atoms with E-state index < -0.39 is 0 Å². The highest BCUT2D eigenvalue weighted by atomic mass is 35.5. The number of nitrogens with zero attached hydrogens (tertiary/aromatic N) is 2. The van der Waals surface area contributed by atoms with Gasteiger partial charge in [0.1, 0.15) is 5.69 Å². The monoisotopic (exact) mass is 267 g/mol. The van der Waals surface area contributed by atoms with Gasteiger partial charge in [-0.2, -0.15) is 5.10 Å². The Morgan fingerprint density at radius 1 is 1.35 bits per heavy atom. The molecule has 90 valence electrons. The first kappa shape index (κ1) is 11.1. The Bertz CT molecular complexity index is 526. The lowest BCUT2D eigenvalue weighted by molar-refractivity contribution is 0.468. The van der Waals surface area contributed by atoms with Crippen LogP contribution in [-0.4, -0.2) is 9.78 Å². The number of hydrogen-bond acceptors (Lipinski definition) is 3. The first-order valence-electron chi connectivity index (χ1n) is 5.84. The molecule has 0 atom stereocenters. The number of halogens is 1. The Balaban J connectivity index is 1.95. The second-order valence-corrected chi connectivity index (χ2v) is 6.17. The minimum atomic E-state index is 0.529. The molecule has 0 amide bonds. The van der Waals surface area contributed by atoms with Crippen LogP contribution in [0.2, 0.25) is 4.34 Å². The Hall–Kier alpha value is -1.000. The predicted octanol–water partition coefficient (Wildman–Crippen LogP) is 3.96. The molecule has 0 radical (unpaired) electrons. The first-order chi connectivity index (χ1) is 8.24. The van der Waals surface area contributed by atoms with E-state index in [0.717, 1.165) is 20.6 Å². The summed E-state index contributed by atoms with van der Waals surface area (Å²) < 4.78 is 2.81. The quantitative estimate of drug-likeness (QED) is 0.895. The summed E-state index contributed by atoms with van der Waals surface area (Å²) in [5.41, 5.74) is 7.65. The maximum atomic E-state index is 6.03. The molecule has 0 spiro atoms. The molecule has 2 N–H and O–H groups in total. The van der Waals surface area contributed by atoms with Crippen LogP contribution >= 0.6 is 22.9 Å². The molecule has 3 rings (SSSR count). The molecule has 0 aliphatic heterocycles. The molecule has 1 saturated carbocycles. The van der Waals surface area contributed by atoms with Gasteiger partial charge < -0.3 is 5.73 Å². The maximum absolute atomic E-state index is 6.03. The van der Waals surface area contributed by atoms with E-state index in [0.29, 0.717) is 6.04 Å². The second kappa shape index (κ2) is 4.35. The molecule has 5 heteroatoms. The molecule has 1 aliphatic rings. The molecule has 0 bridgehead atoms. The highest BCUT2D eigenvalue weighted by Gasteiger charge is 2.20. The average molecular weight is 268 g/mol. The third-order valence-corrected chi connectivity index (χ3v) is 4.50. The molecule has 3 nitrogen and oxygen atoms in total. The molecule has 2 aromatic rings. The molecular weight excluding hydrogens is 254 g/mol. The Kier molecular flexibility index (Phi) is 2.84. The second-order valence-electron chi connectivity index (χ2n) is 4.46. The summed E-state index contributed by atoms with van der Waals surface area (Å²) in [5, 5.41) is 4.62. The van der Waals surface area contributed by atoms with E-state index >= 15 is 0 Å². The normalized spacial score (nSPS) is 16.8. The van der Waals surface area contributed by atoms with Gasteiger partial charge >= 0.3 is 0 Å². The van der Waals surface area contributed by atoms with Gasteiger partial charge in [0.25, 0.3) is 0 Å². The number of nitrogens with two attached hydrogens (primary N) is 1. The lowest BCUT2D eigenvalue weighted by Crippen LogP contribution is -2.04. The fraction of sp³-hybridized carbons (Fsp3) is 0.417. The molecule has 1 fully saturated rings. The van der Waals surface area contributed by atoms with Gasteiger partial charge in [-0.05, 0) is 25.0 Å². The van der Waals surface area contributed by atoms with Gasteiger partial charge in [-0.3, -0.25) is 4.68 Å². The summed E-state index contributed by atoms with van der Waals surface area (Å²) in [7, 11) is 0. The van der Waals surface area contributed by atoms with E-state index in [9.17, 15) is 0 Å². The van der Waals surface area contributed by atoms with Crippen molar-refractivity contribution in [1.29, 1.82) is 0 Å². The first-order valence-corrected chi connectivity index (χ1v) is 7.04. The summed E-state index contributed by atoms with van der Waals surface area (Å²) in [6, 6.07) is 4.39. The molecule has 0 saturated heterocycles. The topological polar surface area (TPSA) is 43.8 Å². The summed E-state index contributed by atoms with van der Waals surface area (Å²) in [6.45, 7) is 0. The van der Waals surface area contributed by atoms with Crippen molar-refractivity contribution in [3.8, 4) is 10.6 Å². The van der Waals surface area contributed by atoms with E-state index in [-0.39, 0.29) is 0 Å². The molecule has 2 heterocycles. The summed E-state index contributed by atoms with van der Waals surface area (Å²) in [6.07, 6.45) is 6.98. The van der Waals surface area contributed by atoms with Crippen LogP contribution in [0, 0.1) is 0 Å². The summed E-state index contributed by atoms with van der Waals surface area (Å²) >= 11 is 7.46. The summed E-state index contributed by atoms with van der Waals surface area (Å²) in [4.78, 5) is 1.05. The summed E-state index contributed by atoms with van der Waals surface area (Å²) in [5.74, 6) is 0. The third-order valence-electron chi connectivity index (χ3n) is 3.27. The lowest BCUT2D eigenvalue weighted by atomic mass is 10.3. The van der Waals surface area contributed by atoms with Crippen molar-refractivity contribution >= 4 is 28.6 Å². The zero-order valence-corrected chi connectivity index (χ0v) is 11.0. The molecule has 1 aliphatic carbocycles. The number of anilines is 1. The van der Waals surface area contributed by atoms with Crippen LogP contribution in [0.25, 0.3) is 10.6 Å². The molecular formula is C12H14ClN3S. The van der Waals surface area contributed by atoms with E-state index in [1.165, 1.54) is 37.0 Å². The molecule has 0 aromatic carbocycles. The van der Waals surface area contributed by atoms with Crippen molar-refractivity contribution in [2.45, 2.75) is 31.7 Å². The third kappa shape index (κ3) is 2.07. The molecule has 2 aromatic heterocycles. The Morgan fingerprint density at radius 2 is 2.12 bits per heavy atom. The zero-order valence-electron chi connectivity index (χ0n) is 9.40. The average Bonchev–Trinajstić information content (AvgIpc) is 2.97. The van der Waals surface area contributed by atoms with Gasteiger partial charge in [0.15, 0.2) is 0 Å². The number of rotatable bonds is 2. The van der Waals surface area contributed by atoms with Gasteiger partial charge in [-0.15, -0.1) is 11.3 Å². The fourth-order valence-corrected chi connectivity index (χ4v) is 3.44. The molecule has 17 heavy (non-hydrogen) atoms. The SMILES string of the molecule is Nc1cn(C2CCCC2)nc1-c1ccc(Cl)s1. The largest absolute Gasteiger partial charge is 0.396 e. The van der Waals surface area contributed by atoms with Crippen LogP contribution in [0.1, 0.15) is 31.7 Å². The van der Waals surface area contributed by atoms with E-state index in [4.69, 9.17) is 17.3 Å². The standard InChI is InChI=1S/C12H14ClN3S/c13-11-6-5-10(17-11)12-9(14)7-16(15-12)8-3-1-2-4-8/h5-8H,1-4,14H2. The Morgan fingerprint density at radius 3 is 2.76 bits per heavy atom. The van der Waals surface area contributed by atoms with E-state index in [1.807, 2.05) is 23.0 Å². The van der Waals surface area contributed by atoms with Crippen LogP contribution < -0.4 is 5.73 Å². The van der Waals surface area contributed by atoms with Crippen LogP contribution in [-0.2, 0) is 0 Å². The van der Waals surface area contributed by atoms with Crippen LogP contribution in [0.5, 0.6) is 0 Å². The smallest absolute Gasteiger partial charge is 0.125 e. The van der Waals surface area contributed by atoms with Crippen molar-refractivity contribution in [2.24, 2.45) is 0 Å². The zero-order chi connectivity index (χ0) is 11.8. The lowest BCUT2D eigenvalue weighted by Gasteiger charge is -2.08. The minimum Gasteiger partial charge on any atom is -0.396 e. The minimum absolute atomic E-state index is 0.529. The van der Waals surface area contributed by atoms with Crippen molar-refractivity contribution in [3.63, 3.8) is 0 Å². The van der Waals surface area contributed by atoms with Crippen molar-refractivity contribution in [3.05, 3.63) is 22.7 Å². The van der Waals surface area contributed by atoms with E-state index in [1.54, 1.807) is 0 Å². The van der Waals surface area contributed by atoms with Crippen LogP contribution in [0.3, 0.4) is 0 Å². The van der Waals surface area contributed by atoms with Crippen molar-refractivity contribution in [1.82, 2.24) is 9.78 Å². The van der Waals surface area contributed by atoms with Gasteiger partial charge in [-0.25, -0.2) is 0 Å². The van der Waals surface area contributed by atoms with Crippen molar-refractivity contribution in [2.75, 3.05) is 5.73 Å². The number of thiophene rings is 1. The van der Waals surface area contributed by atoms with Gasteiger partial charge in [0, 0.05) is 6.20 Å². The Labute approximate surface area is 109 Å². The van der Waals surface area contributed by atoms with Crippen LogP contribution in [0.4, 0.5) is 5.69 Å². The highest BCUT2D eigenvalue weighted by Crippen LogP contribution is 2.36. The van der Waals surface area contributed by atoms with Crippen LogP contribution in [0.15, 0.2) is 18.3 Å². The molecule has 0 unspecified atom stereocenters. The van der Waals surface area contributed by atoms with Gasteiger partial charge in [-0.1, -0.05) is 24.4 Å². The number of aromatic nitrogens is 2. The fourth-order valence-electron chi connectivity index (χ4n) is 2.39. The maximum Gasteiger partial charge on any atom is 0.125 e. The number of hydrogen-bond donors (Lipinski definition) is 1. The van der Waals surface area contributed by atoms with Gasteiger partial charge in [0.2, 0.25) is 0 Å².